The van der Waals surface area contributed by atoms with Gasteiger partial charge in [0, 0.05) is 52.0 Å². The van der Waals surface area contributed by atoms with Gasteiger partial charge < -0.3 is 43.5 Å². The molecule has 0 spiro atoms. The number of carbonyl (C=O) groups is 4. The molecule has 13 heteroatoms. The number of aliphatic hydroxyl groups excluding tert-OH is 1. The van der Waals surface area contributed by atoms with Gasteiger partial charge >= 0.3 is 5.97 Å². The first-order chi connectivity index (χ1) is 30.3. The number of rotatable bonds is 8. The normalized spacial score (nSPS) is 37.0. The van der Waals surface area contributed by atoms with Crippen LogP contribution in [0, 0.1) is 43.4 Å². The molecular weight excluding hydrogens is 819 g/mol. The van der Waals surface area contributed by atoms with Crippen molar-refractivity contribution < 1.29 is 57.8 Å². The van der Waals surface area contributed by atoms with Crippen molar-refractivity contribution in [3.05, 3.63) is 52.6 Å². The zero-order valence-corrected chi connectivity index (χ0v) is 40.3. The number of piperidine rings is 1. The molecule has 3 heterocycles. The minimum absolute atomic E-state index is 0.0298. The van der Waals surface area contributed by atoms with Gasteiger partial charge in [-0.2, -0.15) is 0 Å². The van der Waals surface area contributed by atoms with Crippen LogP contribution < -0.4 is 4.74 Å². The third-order valence-corrected chi connectivity index (χ3v) is 14.6. The van der Waals surface area contributed by atoms with Crippen LogP contribution >= 0.6 is 0 Å². The predicted molar refractivity (Wildman–Crippen MR) is 242 cm³/mol. The number of nitrogens with zero attached hydrogens (tertiary/aromatic N) is 1. The molecule has 14 unspecified atom stereocenters. The smallest absolute Gasteiger partial charge is 0.329 e. The fraction of sp³-hybridized carbons (Fsp3) is 0.725. The van der Waals surface area contributed by atoms with Gasteiger partial charge in [0.05, 0.1) is 24.4 Å². The summed E-state index contributed by atoms with van der Waals surface area (Å²) in [4.78, 5) is 58.4. The van der Waals surface area contributed by atoms with Crippen molar-refractivity contribution in [1.29, 1.82) is 0 Å². The maximum atomic E-state index is 14.5. The molecule has 0 radical (unpaired) electrons. The number of hydrogen-bond acceptors (Lipinski definition) is 12. The summed E-state index contributed by atoms with van der Waals surface area (Å²) in [5.41, 5.74) is 4.04. The summed E-state index contributed by atoms with van der Waals surface area (Å²) in [6.45, 7) is 15.5. The first-order valence-corrected chi connectivity index (χ1v) is 23.7. The Bertz CT molecular complexity index is 1840. The first-order valence-electron chi connectivity index (χ1n) is 23.7. The van der Waals surface area contributed by atoms with E-state index in [0.717, 1.165) is 29.7 Å². The van der Waals surface area contributed by atoms with Crippen molar-refractivity contribution in [2.75, 3.05) is 27.9 Å². The summed E-state index contributed by atoms with van der Waals surface area (Å²) in [6, 6.07) is 4.94. The molecule has 3 fully saturated rings. The number of ether oxygens (including phenoxy) is 6. The van der Waals surface area contributed by atoms with E-state index in [4.69, 9.17) is 28.4 Å². The number of carbonyl (C=O) groups excluding carboxylic acids is 4. The van der Waals surface area contributed by atoms with Gasteiger partial charge in [-0.1, -0.05) is 51.5 Å². The fourth-order valence-corrected chi connectivity index (χ4v) is 10.5. The second-order valence-corrected chi connectivity index (χ2v) is 19.5. The Kier molecular flexibility index (Phi) is 18.4. The fourth-order valence-electron chi connectivity index (χ4n) is 10.5. The Morgan fingerprint density at radius 2 is 1.56 bits per heavy atom. The number of allylic oxidation sites excluding steroid dienone is 3. The maximum absolute atomic E-state index is 14.5. The molecule has 2 bridgehead atoms. The Morgan fingerprint density at radius 3 is 2.22 bits per heavy atom. The lowest BCUT2D eigenvalue weighted by atomic mass is 9.81. The molecule has 1 aromatic carbocycles. The summed E-state index contributed by atoms with van der Waals surface area (Å²) < 4.78 is 36.9. The molecule has 5 rings (SSSR count). The van der Waals surface area contributed by atoms with Gasteiger partial charge in [-0.05, 0) is 133 Å². The number of aryl methyl sites for hydroxylation is 2. The van der Waals surface area contributed by atoms with Gasteiger partial charge in [0.1, 0.15) is 35.9 Å². The van der Waals surface area contributed by atoms with Crippen molar-refractivity contribution in [2.24, 2.45) is 29.6 Å². The quantitative estimate of drug-likeness (QED) is 0.154. The first kappa shape index (κ1) is 51.5. The van der Waals surface area contributed by atoms with Crippen LogP contribution in [-0.4, -0.2) is 121 Å². The van der Waals surface area contributed by atoms with Crippen molar-refractivity contribution in [3.8, 4) is 5.75 Å². The average Bonchev–Trinajstić information content (AvgIpc) is 3.27. The zero-order chi connectivity index (χ0) is 47.0. The third kappa shape index (κ3) is 12.1. The van der Waals surface area contributed by atoms with Crippen LogP contribution in [0.3, 0.4) is 0 Å². The topological polar surface area (TPSA) is 167 Å². The Balaban J connectivity index is 1.48. The number of benzene rings is 1. The minimum Gasteiger partial charge on any atom is -0.488 e. The number of amides is 1. The molecule has 0 aromatic heterocycles. The molecule has 2 saturated heterocycles. The molecule has 13 nitrogen and oxygen atoms in total. The highest BCUT2D eigenvalue weighted by Gasteiger charge is 2.56. The van der Waals surface area contributed by atoms with Crippen LogP contribution in [0.5, 0.6) is 5.75 Å². The monoisotopic (exact) mass is 896 g/mol. The molecule has 2 N–H and O–H groups in total. The predicted octanol–water partition coefficient (Wildman–Crippen LogP) is 7.18. The molecule has 64 heavy (non-hydrogen) atoms. The largest absolute Gasteiger partial charge is 0.488 e. The summed E-state index contributed by atoms with van der Waals surface area (Å²) >= 11 is 0. The number of fused-ring (bicyclic) bond motifs is 3. The molecule has 4 aliphatic rings. The molecule has 3 aliphatic heterocycles. The number of ketones is 2. The van der Waals surface area contributed by atoms with Gasteiger partial charge in [0.25, 0.3) is 11.7 Å². The number of hydrogen-bond donors (Lipinski definition) is 2. The highest BCUT2D eigenvalue weighted by Crippen LogP contribution is 2.39. The van der Waals surface area contributed by atoms with E-state index in [2.05, 4.69) is 26.8 Å². The van der Waals surface area contributed by atoms with Crippen molar-refractivity contribution in [1.82, 2.24) is 4.90 Å². The number of Topliss-reactive ketones (excluding diaryl/α,β-unsaturated/α-hetero) is 2. The Morgan fingerprint density at radius 1 is 0.875 bits per heavy atom. The van der Waals surface area contributed by atoms with Gasteiger partial charge in [-0.15, -0.1) is 0 Å². The van der Waals surface area contributed by atoms with Crippen molar-refractivity contribution in [3.63, 3.8) is 0 Å². The molecule has 1 aromatic rings. The zero-order valence-electron chi connectivity index (χ0n) is 40.3. The van der Waals surface area contributed by atoms with Crippen LogP contribution in [0.25, 0.3) is 0 Å². The summed E-state index contributed by atoms with van der Waals surface area (Å²) in [7, 11) is 4.76. The molecule has 358 valence electrons. The molecule has 1 saturated carbocycles. The van der Waals surface area contributed by atoms with E-state index in [1.807, 2.05) is 45.0 Å². The van der Waals surface area contributed by atoms with Crippen LogP contribution in [0.15, 0.2) is 41.5 Å². The lowest BCUT2D eigenvalue weighted by Gasteiger charge is -2.47. The van der Waals surface area contributed by atoms with E-state index >= 15 is 0 Å². The Hall–Kier alpha value is -3.46. The van der Waals surface area contributed by atoms with E-state index < -0.39 is 77.8 Å². The van der Waals surface area contributed by atoms with Crippen LogP contribution in [0.1, 0.15) is 123 Å². The van der Waals surface area contributed by atoms with Crippen molar-refractivity contribution >= 4 is 23.4 Å². The van der Waals surface area contributed by atoms with Gasteiger partial charge in [0.2, 0.25) is 5.79 Å². The van der Waals surface area contributed by atoms with Crippen molar-refractivity contribution in [2.45, 2.75) is 181 Å². The standard InChI is InChI=1S/C51H77NO12/c1-12-37-22-29(2)21-30(3)23-44(60-10)47-45(61-11)26-34(7)51(58,64-47)48(55)49(56)52-20-14-13-15-39(52)50(57)63-46(35(8)40(53)28-41(37)54)33(6)24-36-17-19-42(43(27-36)59-9)62-38-18-16-31(4)32(5)25-38/h16,18,22,24-25,30,34-37,39-40,42-47,53,58H,12-15,17,19-21,23,26-28H2,1-11H3. The third-order valence-electron chi connectivity index (χ3n) is 14.6. The summed E-state index contributed by atoms with van der Waals surface area (Å²) in [6.07, 6.45) is 4.77. The van der Waals surface area contributed by atoms with E-state index in [1.165, 1.54) is 17.6 Å². The van der Waals surface area contributed by atoms with E-state index in [-0.39, 0.29) is 55.6 Å². The van der Waals surface area contributed by atoms with Gasteiger partial charge in [0.15, 0.2) is 0 Å². The number of esters is 1. The highest BCUT2D eigenvalue weighted by molar-refractivity contribution is 6.39. The lowest BCUT2D eigenvalue weighted by Crippen LogP contribution is -2.64. The maximum Gasteiger partial charge on any atom is 0.329 e. The molecular formula is C51H77NO12. The number of cyclic esters (lactones) is 1. The van der Waals surface area contributed by atoms with E-state index in [9.17, 15) is 29.4 Å². The van der Waals surface area contributed by atoms with Crippen LogP contribution in [0.2, 0.25) is 0 Å². The van der Waals surface area contributed by atoms with Gasteiger partial charge in [-0.25, -0.2) is 4.79 Å². The van der Waals surface area contributed by atoms with Crippen LogP contribution in [0.4, 0.5) is 0 Å². The molecule has 1 amide bonds. The molecule has 1 aliphatic carbocycles. The second kappa shape index (κ2) is 22.8. The van der Waals surface area contributed by atoms with E-state index in [1.54, 1.807) is 28.1 Å². The minimum atomic E-state index is -2.50. The summed E-state index contributed by atoms with van der Waals surface area (Å²) in [5, 5.41) is 24.0. The van der Waals surface area contributed by atoms with Crippen LogP contribution in [-0.2, 0) is 42.9 Å². The highest BCUT2D eigenvalue weighted by atomic mass is 16.7. The average molecular weight is 896 g/mol. The summed E-state index contributed by atoms with van der Waals surface area (Å²) in [5.74, 6) is -6.64. The number of methoxy groups -OCH3 is 3. The van der Waals surface area contributed by atoms with Gasteiger partial charge in [-0.3, -0.25) is 14.4 Å². The van der Waals surface area contributed by atoms with E-state index in [0.29, 0.717) is 44.1 Å². The SMILES string of the molecule is CCC1C=C(C)CC(C)CC(OC)C2OC(O)(C(=O)C(=O)N3CCCCC3C(=O)OC(C(C)=CC3CCC(Oc4ccc(C)c(C)c4)C(OC)C3)C(C)C(O)CC1=O)C(C)CC2OC. The second-order valence-electron chi connectivity index (χ2n) is 19.5. The molecule has 14 atom stereocenters. The number of aliphatic hydroxyl groups is 2. The lowest BCUT2D eigenvalue weighted by molar-refractivity contribution is -0.302. The Labute approximate surface area is 381 Å².